The van der Waals surface area contributed by atoms with Gasteiger partial charge in [-0.3, -0.25) is 0 Å². The highest BCUT2D eigenvalue weighted by molar-refractivity contribution is 5.64. The van der Waals surface area contributed by atoms with E-state index in [1.165, 1.54) is 19.3 Å². The first-order valence-corrected chi connectivity index (χ1v) is 6.18. The maximum Gasteiger partial charge on any atom is 0.148 e. The van der Waals surface area contributed by atoms with Crippen LogP contribution in [0.2, 0.25) is 0 Å². The number of aromatic nitrogens is 2. The summed E-state index contributed by atoms with van der Waals surface area (Å²) >= 11 is 0. The highest BCUT2D eigenvalue weighted by Gasteiger charge is 2.19. The Morgan fingerprint density at radius 2 is 2.19 bits per heavy atom. The fourth-order valence-corrected chi connectivity index (χ4v) is 2.05. The van der Waals surface area contributed by atoms with E-state index >= 15 is 0 Å². The SMILES string of the molecule is Cc1nn(C(C)C)c(NCC2CCC2)c1N. The van der Waals surface area contributed by atoms with E-state index in [0.717, 1.165) is 29.7 Å². The van der Waals surface area contributed by atoms with E-state index in [2.05, 4.69) is 24.3 Å². The molecule has 0 aromatic carbocycles. The van der Waals surface area contributed by atoms with Crippen molar-refractivity contribution in [3.8, 4) is 0 Å². The molecule has 4 heteroatoms. The summed E-state index contributed by atoms with van der Waals surface area (Å²) in [5, 5.41) is 7.92. The lowest BCUT2D eigenvalue weighted by Crippen LogP contribution is -2.23. The summed E-state index contributed by atoms with van der Waals surface area (Å²) in [5.74, 6) is 1.83. The molecule has 0 bridgehead atoms. The summed E-state index contributed by atoms with van der Waals surface area (Å²) in [6.07, 6.45) is 4.08. The van der Waals surface area contributed by atoms with Crippen LogP contribution in [0.3, 0.4) is 0 Å². The van der Waals surface area contributed by atoms with Crippen LogP contribution in [0.4, 0.5) is 11.5 Å². The normalized spacial score (nSPS) is 16.5. The Kier molecular flexibility index (Phi) is 3.08. The van der Waals surface area contributed by atoms with E-state index < -0.39 is 0 Å². The highest BCUT2D eigenvalue weighted by Crippen LogP contribution is 2.29. The van der Waals surface area contributed by atoms with Crippen LogP contribution in [0.5, 0.6) is 0 Å². The second-order valence-corrected chi connectivity index (χ2v) is 5.06. The molecule has 1 saturated carbocycles. The number of rotatable bonds is 4. The summed E-state index contributed by atoms with van der Waals surface area (Å²) in [4.78, 5) is 0. The molecule has 1 aliphatic carbocycles. The Bertz CT molecular complexity index is 363. The lowest BCUT2D eigenvalue weighted by atomic mass is 9.85. The van der Waals surface area contributed by atoms with Gasteiger partial charge >= 0.3 is 0 Å². The van der Waals surface area contributed by atoms with Crippen molar-refractivity contribution in [2.45, 2.75) is 46.1 Å². The molecule has 90 valence electrons. The minimum absolute atomic E-state index is 0.347. The predicted molar refractivity (Wildman–Crippen MR) is 67.6 cm³/mol. The molecule has 0 amide bonds. The van der Waals surface area contributed by atoms with Gasteiger partial charge in [0.15, 0.2) is 0 Å². The predicted octanol–water partition coefficient (Wildman–Crippen LogP) is 2.57. The van der Waals surface area contributed by atoms with Gasteiger partial charge in [0, 0.05) is 12.6 Å². The van der Waals surface area contributed by atoms with Gasteiger partial charge in [-0.25, -0.2) is 4.68 Å². The van der Waals surface area contributed by atoms with E-state index in [9.17, 15) is 0 Å². The van der Waals surface area contributed by atoms with Gasteiger partial charge in [0.1, 0.15) is 5.82 Å². The van der Waals surface area contributed by atoms with Crippen molar-refractivity contribution >= 4 is 11.5 Å². The quantitative estimate of drug-likeness (QED) is 0.823. The van der Waals surface area contributed by atoms with Gasteiger partial charge in [-0.1, -0.05) is 6.42 Å². The number of nitrogen functional groups attached to an aromatic ring is 1. The molecular weight excluding hydrogens is 200 g/mol. The maximum atomic E-state index is 6.04. The minimum atomic E-state index is 0.347. The Morgan fingerprint density at radius 3 is 2.69 bits per heavy atom. The van der Waals surface area contributed by atoms with Crippen LogP contribution in [0.25, 0.3) is 0 Å². The van der Waals surface area contributed by atoms with Crippen LogP contribution in [0.1, 0.15) is 44.8 Å². The first-order chi connectivity index (χ1) is 7.59. The Labute approximate surface area is 97.2 Å². The second kappa shape index (κ2) is 4.36. The van der Waals surface area contributed by atoms with Crippen LogP contribution in [-0.4, -0.2) is 16.3 Å². The molecule has 16 heavy (non-hydrogen) atoms. The molecule has 1 aromatic rings. The molecule has 1 fully saturated rings. The fourth-order valence-electron chi connectivity index (χ4n) is 2.05. The van der Waals surface area contributed by atoms with Gasteiger partial charge in [0.05, 0.1) is 11.4 Å². The van der Waals surface area contributed by atoms with Crippen molar-refractivity contribution in [3.05, 3.63) is 5.69 Å². The van der Waals surface area contributed by atoms with E-state index in [0.29, 0.717) is 6.04 Å². The van der Waals surface area contributed by atoms with Crippen molar-refractivity contribution in [2.75, 3.05) is 17.6 Å². The average Bonchev–Trinajstić information content (AvgIpc) is 2.43. The number of anilines is 2. The number of hydrogen-bond acceptors (Lipinski definition) is 3. The molecule has 4 nitrogen and oxygen atoms in total. The lowest BCUT2D eigenvalue weighted by Gasteiger charge is -2.26. The summed E-state index contributed by atoms with van der Waals surface area (Å²) in [7, 11) is 0. The van der Waals surface area contributed by atoms with Gasteiger partial charge in [0.25, 0.3) is 0 Å². The van der Waals surface area contributed by atoms with Crippen LogP contribution in [0, 0.1) is 12.8 Å². The van der Waals surface area contributed by atoms with Gasteiger partial charge in [-0.15, -0.1) is 0 Å². The Balaban J connectivity index is 2.10. The summed E-state index contributed by atoms with van der Waals surface area (Å²) < 4.78 is 1.99. The lowest BCUT2D eigenvalue weighted by molar-refractivity contribution is 0.332. The summed E-state index contributed by atoms with van der Waals surface area (Å²) in [6, 6.07) is 0.347. The molecule has 3 N–H and O–H groups in total. The monoisotopic (exact) mass is 222 g/mol. The van der Waals surface area contributed by atoms with E-state index in [1.807, 2.05) is 11.6 Å². The Morgan fingerprint density at radius 1 is 1.50 bits per heavy atom. The molecule has 0 radical (unpaired) electrons. The van der Waals surface area contributed by atoms with Crippen LogP contribution in [-0.2, 0) is 0 Å². The molecule has 2 rings (SSSR count). The first-order valence-electron chi connectivity index (χ1n) is 6.18. The van der Waals surface area contributed by atoms with Crippen molar-refractivity contribution in [3.63, 3.8) is 0 Å². The number of nitrogens with zero attached hydrogens (tertiary/aromatic N) is 2. The zero-order valence-corrected chi connectivity index (χ0v) is 10.5. The number of hydrogen-bond donors (Lipinski definition) is 2. The van der Waals surface area contributed by atoms with Gasteiger partial charge in [0.2, 0.25) is 0 Å². The van der Waals surface area contributed by atoms with Crippen molar-refractivity contribution in [1.82, 2.24) is 9.78 Å². The number of nitrogens with two attached hydrogens (primary N) is 1. The zero-order chi connectivity index (χ0) is 11.7. The first kappa shape index (κ1) is 11.3. The van der Waals surface area contributed by atoms with E-state index in [-0.39, 0.29) is 0 Å². The molecule has 0 saturated heterocycles. The molecule has 0 atom stereocenters. The molecule has 0 aliphatic heterocycles. The van der Waals surface area contributed by atoms with Crippen LogP contribution < -0.4 is 11.1 Å². The molecule has 1 aliphatic rings. The second-order valence-electron chi connectivity index (χ2n) is 5.06. The largest absolute Gasteiger partial charge is 0.394 e. The van der Waals surface area contributed by atoms with Gasteiger partial charge < -0.3 is 11.1 Å². The van der Waals surface area contributed by atoms with Crippen LogP contribution in [0.15, 0.2) is 0 Å². The summed E-state index contributed by atoms with van der Waals surface area (Å²) in [6.45, 7) is 7.24. The minimum Gasteiger partial charge on any atom is -0.394 e. The van der Waals surface area contributed by atoms with E-state index in [4.69, 9.17) is 5.73 Å². The number of nitrogens with one attached hydrogen (secondary N) is 1. The summed E-state index contributed by atoms with van der Waals surface area (Å²) in [5.41, 5.74) is 7.76. The third-order valence-corrected chi connectivity index (χ3v) is 3.40. The average molecular weight is 222 g/mol. The van der Waals surface area contributed by atoms with E-state index in [1.54, 1.807) is 0 Å². The van der Waals surface area contributed by atoms with Crippen molar-refractivity contribution in [1.29, 1.82) is 0 Å². The molecule has 0 spiro atoms. The third kappa shape index (κ3) is 2.01. The fraction of sp³-hybridized carbons (Fsp3) is 0.750. The number of aryl methyl sites for hydroxylation is 1. The topological polar surface area (TPSA) is 55.9 Å². The molecule has 0 unspecified atom stereocenters. The molecule has 1 aromatic heterocycles. The molecule has 1 heterocycles. The van der Waals surface area contributed by atoms with Crippen LogP contribution >= 0.6 is 0 Å². The maximum absolute atomic E-state index is 6.04. The van der Waals surface area contributed by atoms with Gasteiger partial charge in [-0.05, 0) is 39.5 Å². The smallest absolute Gasteiger partial charge is 0.148 e. The van der Waals surface area contributed by atoms with Crippen molar-refractivity contribution in [2.24, 2.45) is 5.92 Å². The zero-order valence-electron chi connectivity index (χ0n) is 10.5. The third-order valence-electron chi connectivity index (χ3n) is 3.40. The van der Waals surface area contributed by atoms with Gasteiger partial charge in [-0.2, -0.15) is 5.10 Å². The molecular formula is C12H22N4. The standard InChI is InChI=1S/C12H22N4/c1-8(2)16-12(11(13)9(3)15-16)14-7-10-5-4-6-10/h8,10,14H,4-7,13H2,1-3H3. The highest BCUT2D eigenvalue weighted by atomic mass is 15.4. The Hall–Kier alpha value is -1.19. The van der Waals surface area contributed by atoms with Crippen molar-refractivity contribution < 1.29 is 0 Å².